The molecule has 1 rings (SSSR count). The van der Waals surface area contributed by atoms with Crippen LogP contribution in [0.2, 0.25) is 0 Å². The molecule has 0 atom stereocenters. The van der Waals surface area contributed by atoms with Crippen LogP contribution in [0.1, 0.15) is 51.5 Å². The Morgan fingerprint density at radius 1 is 1.33 bits per heavy atom. The van der Waals surface area contributed by atoms with Crippen LogP contribution in [0.15, 0.2) is 18.3 Å². The molecular formula is C14H23N3O. The Morgan fingerprint density at radius 2 is 1.94 bits per heavy atom. The number of hydrogen-bond acceptors (Lipinski definition) is 3. The maximum Gasteiger partial charge on any atom is 0.272 e. The quantitative estimate of drug-likeness (QED) is 0.865. The molecule has 4 heteroatoms. The van der Waals surface area contributed by atoms with E-state index in [1.54, 1.807) is 18.3 Å². The molecule has 0 aliphatic carbocycles. The van der Waals surface area contributed by atoms with Crippen molar-refractivity contribution in [1.29, 1.82) is 0 Å². The summed E-state index contributed by atoms with van der Waals surface area (Å²) in [5.74, 6) is -0.220. The number of anilines is 1. The third kappa shape index (κ3) is 4.35. The molecule has 1 aromatic rings. The molecule has 100 valence electrons. The van der Waals surface area contributed by atoms with E-state index >= 15 is 0 Å². The van der Waals surface area contributed by atoms with Gasteiger partial charge in [-0.3, -0.25) is 4.79 Å². The molecule has 0 aromatic carbocycles. The zero-order valence-corrected chi connectivity index (χ0v) is 11.9. The normalized spacial score (nSPS) is 12.3. The van der Waals surface area contributed by atoms with Crippen molar-refractivity contribution in [2.75, 3.05) is 5.73 Å². The highest BCUT2D eigenvalue weighted by Gasteiger charge is 2.28. The number of rotatable bonds is 3. The lowest BCUT2D eigenvalue weighted by atomic mass is 9.82. The van der Waals surface area contributed by atoms with E-state index in [0.717, 1.165) is 6.42 Å². The summed E-state index contributed by atoms with van der Waals surface area (Å²) in [7, 11) is 0. The maximum atomic E-state index is 12.1. The van der Waals surface area contributed by atoms with Gasteiger partial charge in [-0.15, -0.1) is 0 Å². The number of hydrogen-bond donors (Lipinski definition) is 2. The molecule has 4 nitrogen and oxygen atoms in total. The van der Waals surface area contributed by atoms with Crippen LogP contribution in [0.3, 0.4) is 0 Å². The van der Waals surface area contributed by atoms with Crippen molar-refractivity contribution >= 4 is 11.6 Å². The second-order valence-corrected chi connectivity index (χ2v) is 6.52. The molecule has 0 aliphatic heterocycles. The van der Waals surface area contributed by atoms with Crippen molar-refractivity contribution in [3.05, 3.63) is 24.0 Å². The fraction of sp³-hybridized carbons (Fsp3) is 0.571. The fourth-order valence-electron chi connectivity index (χ4n) is 2.34. The van der Waals surface area contributed by atoms with Crippen molar-refractivity contribution in [2.45, 2.75) is 46.6 Å². The van der Waals surface area contributed by atoms with Crippen molar-refractivity contribution in [3.63, 3.8) is 0 Å². The number of nitrogens with two attached hydrogens (primary N) is 1. The first kappa shape index (κ1) is 14.5. The number of carbonyl (C=O) groups excluding carboxylic acids is 1. The van der Waals surface area contributed by atoms with Crippen molar-refractivity contribution in [1.82, 2.24) is 10.3 Å². The molecule has 0 radical (unpaired) electrons. The van der Waals surface area contributed by atoms with Gasteiger partial charge in [-0.05, 0) is 37.8 Å². The summed E-state index contributed by atoms with van der Waals surface area (Å²) in [6, 6.07) is 3.39. The Balaban J connectivity index is 2.79. The molecule has 0 unspecified atom stereocenters. The van der Waals surface area contributed by atoms with E-state index in [1.165, 1.54) is 0 Å². The molecule has 1 heterocycles. The second-order valence-electron chi connectivity index (χ2n) is 6.52. The van der Waals surface area contributed by atoms with Crippen LogP contribution >= 0.6 is 0 Å². The summed E-state index contributed by atoms with van der Waals surface area (Å²) in [5, 5.41) is 2.99. The highest BCUT2D eigenvalue weighted by Crippen LogP contribution is 2.27. The Morgan fingerprint density at radius 3 is 2.44 bits per heavy atom. The zero-order valence-electron chi connectivity index (χ0n) is 11.9. The standard InChI is InChI=1S/C14H23N3O/c1-13(2,3)9-14(4,5)17-12(18)11-10(15)7-6-8-16-11/h6-8H,9,15H2,1-5H3,(H,17,18). The van der Waals surface area contributed by atoms with Crippen LogP contribution in [0.4, 0.5) is 5.69 Å². The number of amides is 1. The van der Waals surface area contributed by atoms with E-state index in [4.69, 9.17) is 5.73 Å². The predicted molar refractivity (Wildman–Crippen MR) is 74.3 cm³/mol. The van der Waals surface area contributed by atoms with E-state index < -0.39 is 0 Å². The van der Waals surface area contributed by atoms with Gasteiger partial charge < -0.3 is 11.1 Å². The molecule has 0 bridgehead atoms. The largest absolute Gasteiger partial charge is 0.397 e. The van der Waals surface area contributed by atoms with Gasteiger partial charge in [0.05, 0.1) is 5.69 Å². The minimum Gasteiger partial charge on any atom is -0.397 e. The number of nitrogen functional groups attached to an aromatic ring is 1. The van der Waals surface area contributed by atoms with Gasteiger partial charge in [-0.25, -0.2) is 4.98 Å². The van der Waals surface area contributed by atoms with Gasteiger partial charge in [0, 0.05) is 11.7 Å². The van der Waals surface area contributed by atoms with E-state index in [9.17, 15) is 4.79 Å². The summed E-state index contributed by atoms with van der Waals surface area (Å²) in [6.45, 7) is 10.5. The van der Waals surface area contributed by atoms with Crippen molar-refractivity contribution in [3.8, 4) is 0 Å². The van der Waals surface area contributed by atoms with E-state index in [2.05, 4.69) is 31.1 Å². The van der Waals surface area contributed by atoms with E-state index in [0.29, 0.717) is 11.4 Å². The van der Waals surface area contributed by atoms with Crippen molar-refractivity contribution in [2.24, 2.45) is 5.41 Å². The Kier molecular flexibility index (Phi) is 3.99. The molecule has 0 spiro atoms. The van der Waals surface area contributed by atoms with Gasteiger partial charge in [0.1, 0.15) is 0 Å². The molecule has 1 aromatic heterocycles. The van der Waals surface area contributed by atoms with Gasteiger partial charge in [-0.1, -0.05) is 20.8 Å². The highest BCUT2D eigenvalue weighted by atomic mass is 16.2. The summed E-state index contributed by atoms with van der Waals surface area (Å²) >= 11 is 0. The summed E-state index contributed by atoms with van der Waals surface area (Å²) in [6.07, 6.45) is 2.44. The second kappa shape index (κ2) is 4.96. The minimum absolute atomic E-state index is 0.145. The van der Waals surface area contributed by atoms with Crippen LogP contribution in [-0.2, 0) is 0 Å². The number of carbonyl (C=O) groups is 1. The van der Waals surface area contributed by atoms with Gasteiger partial charge in [0.25, 0.3) is 5.91 Å². The molecule has 1 amide bonds. The minimum atomic E-state index is -0.292. The van der Waals surface area contributed by atoms with Gasteiger partial charge >= 0.3 is 0 Å². The first-order valence-electron chi connectivity index (χ1n) is 6.14. The van der Waals surface area contributed by atoms with Crippen LogP contribution in [0, 0.1) is 5.41 Å². The highest BCUT2D eigenvalue weighted by molar-refractivity contribution is 5.97. The summed E-state index contributed by atoms with van der Waals surface area (Å²) in [4.78, 5) is 16.1. The summed E-state index contributed by atoms with van der Waals surface area (Å²) in [5.41, 5.74) is 6.29. The zero-order chi connectivity index (χ0) is 14.0. The topological polar surface area (TPSA) is 68.0 Å². The molecule has 0 saturated carbocycles. The SMILES string of the molecule is CC(C)(C)CC(C)(C)NC(=O)c1ncccc1N. The number of pyridine rings is 1. The molecular weight excluding hydrogens is 226 g/mol. The smallest absolute Gasteiger partial charge is 0.272 e. The average molecular weight is 249 g/mol. The van der Waals surface area contributed by atoms with E-state index in [1.807, 2.05) is 13.8 Å². The first-order chi connectivity index (χ1) is 8.11. The molecule has 0 fully saturated rings. The maximum absolute atomic E-state index is 12.1. The van der Waals surface area contributed by atoms with E-state index in [-0.39, 0.29) is 16.9 Å². The predicted octanol–water partition coefficient (Wildman–Crippen LogP) is 2.61. The first-order valence-corrected chi connectivity index (χ1v) is 6.14. The molecule has 3 N–H and O–H groups in total. The Labute approximate surface area is 109 Å². The van der Waals surface area contributed by atoms with Crippen molar-refractivity contribution < 1.29 is 4.79 Å². The monoisotopic (exact) mass is 249 g/mol. The number of aromatic nitrogens is 1. The average Bonchev–Trinajstić information content (AvgIpc) is 2.12. The van der Waals surface area contributed by atoms with Gasteiger partial charge in [0.15, 0.2) is 5.69 Å². The van der Waals surface area contributed by atoms with Gasteiger partial charge in [-0.2, -0.15) is 0 Å². The lowest BCUT2D eigenvalue weighted by molar-refractivity contribution is 0.0887. The third-order valence-electron chi connectivity index (χ3n) is 2.48. The van der Waals surface area contributed by atoms with Crippen LogP contribution in [0.25, 0.3) is 0 Å². The molecule has 0 aliphatic rings. The fourth-order valence-corrected chi connectivity index (χ4v) is 2.34. The third-order valence-corrected chi connectivity index (χ3v) is 2.48. The van der Waals surface area contributed by atoms with Crippen LogP contribution in [0.5, 0.6) is 0 Å². The molecule has 0 saturated heterocycles. The lowest BCUT2D eigenvalue weighted by Crippen LogP contribution is -2.46. The number of nitrogens with one attached hydrogen (secondary N) is 1. The number of nitrogens with zero attached hydrogens (tertiary/aromatic N) is 1. The lowest BCUT2D eigenvalue weighted by Gasteiger charge is -2.33. The Hall–Kier alpha value is -1.58. The summed E-state index contributed by atoms with van der Waals surface area (Å²) < 4.78 is 0. The van der Waals surface area contributed by atoms with Crippen LogP contribution < -0.4 is 11.1 Å². The van der Waals surface area contributed by atoms with Gasteiger partial charge in [0.2, 0.25) is 0 Å². The molecule has 18 heavy (non-hydrogen) atoms. The van der Waals surface area contributed by atoms with Crippen LogP contribution in [-0.4, -0.2) is 16.4 Å². The Bertz CT molecular complexity index is 433.